The summed E-state index contributed by atoms with van der Waals surface area (Å²) in [6.07, 6.45) is 0. The fraction of sp³-hybridized carbons (Fsp3) is 0.500. The van der Waals surface area contributed by atoms with E-state index in [2.05, 4.69) is 17.0 Å². The van der Waals surface area contributed by atoms with E-state index in [1.807, 2.05) is 30.3 Å². The lowest BCUT2D eigenvalue weighted by molar-refractivity contribution is 0.502. The molecule has 2 unspecified atom stereocenters. The Morgan fingerprint density at radius 3 is 2.59 bits per heavy atom. The van der Waals surface area contributed by atoms with Gasteiger partial charge in [0, 0.05) is 12.6 Å². The van der Waals surface area contributed by atoms with Crippen molar-refractivity contribution < 1.29 is 8.42 Å². The topological polar surface area (TPSA) is 58.2 Å². The Hall–Kier alpha value is -0.910. The number of hydrogen-bond donors (Lipinski definition) is 2. The summed E-state index contributed by atoms with van der Waals surface area (Å²) >= 11 is 0. The second-order valence-electron chi connectivity index (χ2n) is 4.60. The van der Waals surface area contributed by atoms with Crippen molar-refractivity contribution in [2.75, 3.05) is 13.1 Å². The molecule has 1 heterocycles. The molecule has 0 spiro atoms. The minimum atomic E-state index is -3.24. The van der Waals surface area contributed by atoms with Crippen molar-refractivity contribution in [1.82, 2.24) is 10.0 Å². The van der Waals surface area contributed by atoms with Crippen LogP contribution in [0.3, 0.4) is 0 Å². The molecule has 17 heavy (non-hydrogen) atoms. The summed E-state index contributed by atoms with van der Waals surface area (Å²) in [5.74, 6) is 0.400. The Morgan fingerprint density at radius 2 is 2.00 bits per heavy atom. The maximum Gasteiger partial charge on any atom is 0.216 e. The number of rotatable bonds is 4. The highest BCUT2D eigenvalue weighted by molar-refractivity contribution is 7.88. The van der Waals surface area contributed by atoms with Crippen LogP contribution >= 0.6 is 0 Å². The third-order valence-corrected chi connectivity index (χ3v) is 4.42. The van der Waals surface area contributed by atoms with Crippen LogP contribution < -0.4 is 10.0 Å². The highest BCUT2D eigenvalue weighted by Crippen LogP contribution is 2.11. The number of benzene rings is 1. The molecule has 4 nitrogen and oxygen atoms in total. The molecule has 0 radical (unpaired) electrons. The van der Waals surface area contributed by atoms with Crippen LogP contribution in [0.15, 0.2) is 30.3 Å². The first-order valence-corrected chi connectivity index (χ1v) is 7.47. The highest BCUT2D eigenvalue weighted by atomic mass is 32.2. The molecule has 0 aromatic heterocycles. The van der Waals surface area contributed by atoms with Gasteiger partial charge in [0.1, 0.15) is 0 Å². The Kier molecular flexibility index (Phi) is 3.81. The van der Waals surface area contributed by atoms with E-state index in [0.717, 1.165) is 18.7 Å². The van der Waals surface area contributed by atoms with Crippen LogP contribution in [0.1, 0.15) is 12.5 Å². The van der Waals surface area contributed by atoms with Crippen LogP contribution in [-0.2, 0) is 15.8 Å². The molecule has 5 heteroatoms. The molecule has 1 saturated heterocycles. The number of nitrogens with one attached hydrogen (secondary N) is 2. The van der Waals surface area contributed by atoms with Gasteiger partial charge in [0.2, 0.25) is 10.0 Å². The van der Waals surface area contributed by atoms with Gasteiger partial charge in [-0.05, 0) is 18.0 Å². The predicted octanol–water partition coefficient (Wildman–Crippen LogP) is 0.714. The molecule has 0 aliphatic carbocycles. The first-order valence-electron chi connectivity index (χ1n) is 5.81. The zero-order valence-corrected chi connectivity index (χ0v) is 10.7. The molecule has 1 aromatic carbocycles. The summed E-state index contributed by atoms with van der Waals surface area (Å²) in [6.45, 7) is 3.64. The van der Waals surface area contributed by atoms with Crippen molar-refractivity contribution >= 4 is 10.0 Å². The molecule has 1 fully saturated rings. The van der Waals surface area contributed by atoms with Gasteiger partial charge in [0.15, 0.2) is 0 Å². The van der Waals surface area contributed by atoms with Crippen LogP contribution in [0, 0.1) is 5.92 Å². The number of sulfonamides is 1. The lowest BCUT2D eigenvalue weighted by Gasteiger charge is -2.16. The molecular weight excluding hydrogens is 236 g/mol. The molecule has 0 bridgehead atoms. The lowest BCUT2D eigenvalue weighted by atomic mass is 10.1. The molecule has 94 valence electrons. The maximum atomic E-state index is 12.0. The molecule has 2 N–H and O–H groups in total. The Labute approximate surface area is 102 Å². The summed E-state index contributed by atoms with van der Waals surface area (Å²) in [5, 5.41) is 3.18. The molecule has 1 aromatic rings. The second kappa shape index (κ2) is 5.16. The molecule has 2 rings (SSSR count). The Morgan fingerprint density at radius 1 is 1.29 bits per heavy atom. The molecular formula is C12H18N2O2S. The van der Waals surface area contributed by atoms with Crippen LogP contribution in [0.5, 0.6) is 0 Å². The van der Waals surface area contributed by atoms with Gasteiger partial charge in [0.25, 0.3) is 0 Å². The van der Waals surface area contributed by atoms with E-state index in [4.69, 9.17) is 0 Å². The third kappa shape index (κ3) is 3.52. The van der Waals surface area contributed by atoms with Gasteiger partial charge in [-0.3, -0.25) is 0 Å². The standard InChI is InChI=1S/C12H18N2O2S/c1-10-7-13-8-12(10)14-17(15,16)9-11-5-3-2-4-6-11/h2-6,10,12-14H,7-9H2,1H3. The molecule has 1 aliphatic heterocycles. The zero-order valence-electron chi connectivity index (χ0n) is 9.89. The molecule has 1 aliphatic rings. The SMILES string of the molecule is CC1CNCC1NS(=O)(=O)Cc1ccccc1. The lowest BCUT2D eigenvalue weighted by Crippen LogP contribution is -2.40. The third-order valence-electron chi connectivity index (χ3n) is 3.05. The van der Waals surface area contributed by atoms with Gasteiger partial charge in [-0.2, -0.15) is 0 Å². The summed E-state index contributed by atoms with van der Waals surface area (Å²) in [7, 11) is -3.24. The highest BCUT2D eigenvalue weighted by Gasteiger charge is 2.27. The van der Waals surface area contributed by atoms with Crippen molar-refractivity contribution in [2.45, 2.75) is 18.7 Å². The van der Waals surface area contributed by atoms with Crippen LogP contribution in [0.25, 0.3) is 0 Å². The fourth-order valence-corrected chi connectivity index (χ4v) is 3.53. The van der Waals surface area contributed by atoms with Gasteiger partial charge in [-0.25, -0.2) is 13.1 Å². The average Bonchev–Trinajstić information content (AvgIpc) is 2.64. The fourth-order valence-electron chi connectivity index (χ4n) is 2.03. The first-order chi connectivity index (χ1) is 8.07. The quantitative estimate of drug-likeness (QED) is 0.832. The summed E-state index contributed by atoms with van der Waals surface area (Å²) in [6, 6.07) is 9.26. The van der Waals surface area contributed by atoms with Crippen LogP contribution in [-0.4, -0.2) is 27.5 Å². The largest absolute Gasteiger partial charge is 0.315 e. The monoisotopic (exact) mass is 254 g/mol. The minimum Gasteiger partial charge on any atom is -0.315 e. The molecule has 0 saturated carbocycles. The Bertz CT molecular complexity index is 459. The zero-order chi connectivity index (χ0) is 12.3. The van der Waals surface area contributed by atoms with Gasteiger partial charge in [-0.1, -0.05) is 37.3 Å². The van der Waals surface area contributed by atoms with E-state index >= 15 is 0 Å². The van der Waals surface area contributed by atoms with E-state index in [0.29, 0.717) is 5.92 Å². The average molecular weight is 254 g/mol. The molecule has 0 amide bonds. The predicted molar refractivity (Wildman–Crippen MR) is 68.0 cm³/mol. The van der Waals surface area contributed by atoms with Gasteiger partial charge in [0.05, 0.1) is 5.75 Å². The van der Waals surface area contributed by atoms with E-state index in [9.17, 15) is 8.42 Å². The summed E-state index contributed by atoms with van der Waals surface area (Å²) < 4.78 is 26.7. The maximum absolute atomic E-state index is 12.0. The van der Waals surface area contributed by atoms with E-state index in [-0.39, 0.29) is 11.8 Å². The van der Waals surface area contributed by atoms with Crippen molar-refractivity contribution in [3.63, 3.8) is 0 Å². The minimum absolute atomic E-state index is 0.0173. The van der Waals surface area contributed by atoms with Crippen LogP contribution in [0.4, 0.5) is 0 Å². The normalized spacial score (nSPS) is 25.0. The summed E-state index contributed by atoms with van der Waals surface area (Å²) in [5.41, 5.74) is 0.818. The molecule has 2 atom stereocenters. The smallest absolute Gasteiger partial charge is 0.216 e. The Balaban J connectivity index is 2.00. The van der Waals surface area contributed by atoms with Gasteiger partial charge < -0.3 is 5.32 Å². The van der Waals surface area contributed by atoms with Crippen molar-refractivity contribution in [1.29, 1.82) is 0 Å². The summed E-state index contributed by atoms with van der Waals surface area (Å²) in [4.78, 5) is 0. The van der Waals surface area contributed by atoms with E-state index < -0.39 is 10.0 Å². The van der Waals surface area contributed by atoms with Gasteiger partial charge in [-0.15, -0.1) is 0 Å². The van der Waals surface area contributed by atoms with E-state index in [1.54, 1.807) is 0 Å². The van der Waals surface area contributed by atoms with E-state index in [1.165, 1.54) is 0 Å². The second-order valence-corrected chi connectivity index (χ2v) is 6.36. The van der Waals surface area contributed by atoms with Crippen molar-refractivity contribution in [3.8, 4) is 0 Å². The van der Waals surface area contributed by atoms with Crippen LogP contribution in [0.2, 0.25) is 0 Å². The van der Waals surface area contributed by atoms with Gasteiger partial charge >= 0.3 is 0 Å². The van der Waals surface area contributed by atoms with Crippen molar-refractivity contribution in [2.24, 2.45) is 5.92 Å². The first kappa shape index (κ1) is 12.5. The number of hydrogen-bond acceptors (Lipinski definition) is 3. The van der Waals surface area contributed by atoms with Crippen molar-refractivity contribution in [3.05, 3.63) is 35.9 Å².